The molecule has 0 aliphatic carbocycles. The third-order valence-electron chi connectivity index (χ3n) is 2.70. The first kappa shape index (κ1) is 14.8. The highest BCUT2D eigenvalue weighted by Crippen LogP contribution is 2.32. The molecule has 0 radical (unpaired) electrons. The molecule has 2 aromatic carbocycles. The van der Waals surface area contributed by atoms with Crippen LogP contribution in [-0.2, 0) is 12.7 Å². The molecule has 0 atom stereocenters. The van der Waals surface area contributed by atoms with Gasteiger partial charge >= 0.3 is 6.18 Å². The van der Waals surface area contributed by atoms with Crippen LogP contribution < -0.4 is 5.32 Å². The number of alkyl halides is 3. The molecule has 0 bridgehead atoms. The predicted octanol–water partition coefficient (Wildman–Crippen LogP) is 5.22. The van der Waals surface area contributed by atoms with Crippen LogP contribution in [0.15, 0.2) is 46.9 Å². The predicted molar refractivity (Wildman–Crippen MR) is 72.9 cm³/mol. The summed E-state index contributed by atoms with van der Waals surface area (Å²) >= 11 is 3.27. The smallest absolute Gasteiger partial charge is 0.381 e. The highest BCUT2D eigenvalue weighted by molar-refractivity contribution is 9.10. The van der Waals surface area contributed by atoms with Crippen molar-refractivity contribution >= 4 is 21.6 Å². The fraction of sp³-hybridized carbons (Fsp3) is 0.143. The van der Waals surface area contributed by atoms with E-state index in [1.807, 2.05) is 0 Å². The molecule has 0 aliphatic heterocycles. The van der Waals surface area contributed by atoms with Gasteiger partial charge < -0.3 is 5.32 Å². The minimum atomic E-state index is -4.57. The van der Waals surface area contributed by atoms with E-state index in [1.165, 1.54) is 0 Å². The largest absolute Gasteiger partial charge is 0.416 e. The van der Waals surface area contributed by atoms with Crippen LogP contribution in [0.25, 0.3) is 0 Å². The molecule has 0 spiro atoms. The van der Waals surface area contributed by atoms with E-state index >= 15 is 0 Å². The summed E-state index contributed by atoms with van der Waals surface area (Å²) in [6.45, 7) is -0.0310. The Labute approximate surface area is 121 Å². The summed E-state index contributed by atoms with van der Waals surface area (Å²) in [5.41, 5.74) is -0.269. The summed E-state index contributed by atoms with van der Waals surface area (Å²) in [4.78, 5) is 0. The normalized spacial score (nSPS) is 11.4. The van der Waals surface area contributed by atoms with E-state index in [4.69, 9.17) is 0 Å². The molecule has 0 saturated carbocycles. The van der Waals surface area contributed by atoms with Crippen molar-refractivity contribution in [3.63, 3.8) is 0 Å². The van der Waals surface area contributed by atoms with Gasteiger partial charge in [0.15, 0.2) is 0 Å². The Morgan fingerprint density at radius 1 is 1.00 bits per heavy atom. The van der Waals surface area contributed by atoms with Gasteiger partial charge in [-0.15, -0.1) is 0 Å². The fourth-order valence-electron chi connectivity index (χ4n) is 1.73. The standard InChI is InChI=1S/C14H10BrF4N/c15-10-2-5-12(6-3-10)20-8-9-1-4-11(16)7-13(9)14(17,18)19/h1-7,20H,8H2. The molecular formula is C14H10BrF4N. The van der Waals surface area contributed by atoms with Crippen LogP contribution in [0.1, 0.15) is 11.1 Å². The first-order valence-corrected chi connectivity index (χ1v) is 6.50. The lowest BCUT2D eigenvalue weighted by atomic mass is 10.1. The van der Waals surface area contributed by atoms with Crippen molar-refractivity contribution in [3.8, 4) is 0 Å². The summed E-state index contributed by atoms with van der Waals surface area (Å²) in [7, 11) is 0. The van der Waals surface area contributed by atoms with Crippen LogP contribution in [0.4, 0.5) is 23.2 Å². The van der Waals surface area contributed by atoms with E-state index in [1.54, 1.807) is 24.3 Å². The third-order valence-corrected chi connectivity index (χ3v) is 3.23. The van der Waals surface area contributed by atoms with Gasteiger partial charge in [-0.25, -0.2) is 4.39 Å². The average molecular weight is 348 g/mol. The van der Waals surface area contributed by atoms with Gasteiger partial charge in [-0.1, -0.05) is 22.0 Å². The monoisotopic (exact) mass is 347 g/mol. The molecule has 0 fully saturated rings. The number of benzene rings is 2. The Bertz CT molecular complexity index is 593. The molecule has 2 rings (SSSR count). The minimum absolute atomic E-state index is 0.00168. The van der Waals surface area contributed by atoms with Gasteiger partial charge in [-0.2, -0.15) is 13.2 Å². The highest BCUT2D eigenvalue weighted by Gasteiger charge is 2.33. The van der Waals surface area contributed by atoms with E-state index in [0.717, 1.165) is 16.6 Å². The second-order valence-electron chi connectivity index (χ2n) is 4.16. The van der Waals surface area contributed by atoms with E-state index < -0.39 is 17.6 Å². The van der Waals surface area contributed by atoms with E-state index in [-0.39, 0.29) is 12.1 Å². The minimum Gasteiger partial charge on any atom is -0.381 e. The zero-order valence-corrected chi connectivity index (χ0v) is 11.7. The van der Waals surface area contributed by atoms with Crippen molar-refractivity contribution in [2.24, 2.45) is 0 Å². The van der Waals surface area contributed by atoms with Crippen molar-refractivity contribution in [2.45, 2.75) is 12.7 Å². The van der Waals surface area contributed by atoms with Gasteiger partial charge in [0.2, 0.25) is 0 Å². The number of anilines is 1. The molecule has 6 heteroatoms. The lowest BCUT2D eigenvalue weighted by Gasteiger charge is -2.14. The van der Waals surface area contributed by atoms with Crippen molar-refractivity contribution in [3.05, 3.63) is 63.9 Å². The fourth-order valence-corrected chi connectivity index (χ4v) is 2.00. The molecule has 20 heavy (non-hydrogen) atoms. The molecule has 0 amide bonds. The first-order valence-electron chi connectivity index (χ1n) is 5.71. The van der Waals surface area contributed by atoms with Crippen LogP contribution in [0.5, 0.6) is 0 Å². The summed E-state index contributed by atoms with van der Waals surface area (Å²) in [5, 5.41) is 2.88. The Morgan fingerprint density at radius 2 is 1.65 bits per heavy atom. The topological polar surface area (TPSA) is 12.0 Å². The zero-order valence-electron chi connectivity index (χ0n) is 10.1. The molecule has 0 aliphatic rings. The molecule has 0 unspecified atom stereocenters. The Morgan fingerprint density at radius 3 is 2.25 bits per heavy atom. The van der Waals surface area contributed by atoms with Gasteiger partial charge in [-0.3, -0.25) is 0 Å². The lowest BCUT2D eigenvalue weighted by Crippen LogP contribution is -2.12. The summed E-state index contributed by atoms with van der Waals surface area (Å²) in [6, 6.07) is 9.70. The average Bonchev–Trinajstić information content (AvgIpc) is 2.38. The van der Waals surface area contributed by atoms with Crippen molar-refractivity contribution < 1.29 is 17.6 Å². The van der Waals surface area contributed by atoms with Gasteiger partial charge in [0, 0.05) is 16.7 Å². The summed E-state index contributed by atoms with van der Waals surface area (Å²) < 4.78 is 52.3. The third kappa shape index (κ3) is 3.72. The van der Waals surface area contributed by atoms with E-state index in [9.17, 15) is 17.6 Å². The molecule has 106 valence electrons. The Hall–Kier alpha value is -1.56. The highest BCUT2D eigenvalue weighted by atomic mass is 79.9. The quantitative estimate of drug-likeness (QED) is 0.750. The van der Waals surface area contributed by atoms with Gasteiger partial charge in [0.25, 0.3) is 0 Å². The lowest BCUT2D eigenvalue weighted by molar-refractivity contribution is -0.138. The van der Waals surface area contributed by atoms with Crippen LogP contribution in [-0.4, -0.2) is 0 Å². The molecule has 0 heterocycles. The Balaban J connectivity index is 2.19. The van der Waals surface area contributed by atoms with E-state index in [0.29, 0.717) is 11.8 Å². The maximum Gasteiger partial charge on any atom is 0.416 e. The second-order valence-corrected chi connectivity index (χ2v) is 5.08. The first-order chi connectivity index (χ1) is 9.36. The van der Waals surface area contributed by atoms with Gasteiger partial charge in [0.05, 0.1) is 5.56 Å². The number of nitrogens with one attached hydrogen (secondary N) is 1. The molecule has 1 N–H and O–H groups in total. The van der Waals surface area contributed by atoms with Crippen LogP contribution in [0, 0.1) is 5.82 Å². The molecule has 0 saturated heterocycles. The Kier molecular flexibility index (Phi) is 4.32. The molecule has 0 aromatic heterocycles. The second kappa shape index (κ2) is 5.83. The molecular weight excluding hydrogens is 338 g/mol. The van der Waals surface area contributed by atoms with Gasteiger partial charge in [-0.05, 0) is 42.0 Å². The van der Waals surface area contributed by atoms with Gasteiger partial charge in [0.1, 0.15) is 5.82 Å². The zero-order chi connectivity index (χ0) is 14.8. The molecule has 2 aromatic rings. The number of hydrogen-bond donors (Lipinski definition) is 1. The van der Waals surface area contributed by atoms with E-state index in [2.05, 4.69) is 21.2 Å². The number of hydrogen-bond acceptors (Lipinski definition) is 1. The summed E-state index contributed by atoms with van der Waals surface area (Å²) in [6.07, 6.45) is -4.57. The maximum atomic E-state index is 13.0. The SMILES string of the molecule is Fc1ccc(CNc2ccc(Br)cc2)c(C(F)(F)F)c1. The van der Waals surface area contributed by atoms with Crippen LogP contribution >= 0.6 is 15.9 Å². The number of rotatable bonds is 3. The van der Waals surface area contributed by atoms with Crippen molar-refractivity contribution in [1.82, 2.24) is 0 Å². The van der Waals surface area contributed by atoms with Crippen LogP contribution in [0.2, 0.25) is 0 Å². The van der Waals surface area contributed by atoms with Crippen LogP contribution in [0.3, 0.4) is 0 Å². The van der Waals surface area contributed by atoms with Crippen molar-refractivity contribution in [1.29, 1.82) is 0 Å². The number of halogens is 5. The maximum absolute atomic E-state index is 13.0. The molecule has 1 nitrogen and oxygen atoms in total. The summed E-state index contributed by atoms with van der Waals surface area (Å²) in [5.74, 6) is -0.898. The van der Waals surface area contributed by atoms with Crippen molar-refractivity contribution in [2.75, 3.05) is 5.32 Å².